The van der Waals surface area contributed by atoms with Gasteiger partial charge < -0.3 is 14.7 Å². The van der Waals surface area contributed by atoms with Crippen LogP contribution < -0.4 is 4.74 Å². The van der Waals surface area contributed by atoms with Gasteiger partial charge in [0.1, 0.15) is 11.4 Å². The molecule has 1 fully saturated rings. The van der Waals surface area contributed by atoms with Gasteiger partial charge in [-0.15, -0.1) is 0 Å². The first kappa shape index (κ1) is 11.8. The van der Waals surface area contributed by atoms with Crippen LogP contribution in [0.1, 0.15) is 18.4 Å². The van der Waals surface area contributed by atoms with Crippen molar-refractivity contribution in [1.29, 1.82) is 0 Å². The quantitative estimate of drug-likeness (QED) is 0.835. The number of fused-ring (bicyclic) bond motifs is 1. The Hall–Kier alpha value is -2.30. The molecule has 1 saturated heterocycles. The third-order valence-corrected chi connectivity index (χ3v) is 3.65. The molecule has 1 aromatic rings. The van der Waals surface area contributed by atoms with Crippen LogP contribution in [-0.4, -0.2) is 35.0 Å². The Morgan fingerprint density at radius 1 is 1.32 bits per heavy atom. The van der Waals surface area contributed by atoms with Crippen LogP contribution in [0.2, 0.25) is 0 Å². The fraction of sp³-hybridized carbons (Fsp3) is 0.286. The average molecular weight is 259 g/mol. The second-order valence-corrected chi connectivity index (χ2v) is 4.69. The summed E-state index contributed by atoms with van der Waals surface area (Å²) < 4.78 is 5.08. The Balaban J connectivity index is 2.03. The molecule has 5 heteroatoms. The van der Waals surface area contributed by atoms with Gasteiger partial charge in [-0.3, -0.25) is 4.79 Å². The smallest absolute Gasteiger partial charge is 0.352 e. The van der Waals surface area contributed by atoms with Crippen LogP contribution in [-0.2, 0) is 9.59 Å². The normalized spacial score (nSPS) is 21.2. The molecule has 5 nitrogen and oxygen atoms in total. The van der Waals surface area contributed by atoms with E-state index in [9.17, 15) is 14.7 Å². The molecule has 1 atom stereocenters. The van der Waals surface area contributed by atoms with Crippen molar-refractivity contribution in [3.8, 4) is 5.75 Å². The predicted molar refractivity (Wildman–Crippen MR) is 67.4 cm³/mol. The van der Waals surface area contributed by atoms with Gasteiger partial charge in [-0.05, 0) is 29.7 Å². The van der Waals surface area contributed by atoms with E-state index in [0.29, 0.717) is 12.8 Å². The highest BCUT2D eigenvalue weighted by atomic mass is 16.5. The van der Waals surface area contributed by atoms with Gasteiger partial charge >= 0.3 is 5.97 Å². The molecule has 1 amide bonds. The molecule has 0 aliphatic carbocycles. The molecule has 0 bridgehead atoms. The number of amides is 1. The summed E-state index contributed by atoms with van der Waals surface area (Å²) in [5.41, 5.74) is 1.69. The molecular weight excluding hydrogens is 246 g/mol. The molecule has 0 aromatic heterocycles. The molecule has 2 aliphatic rings. The third-order valence-electron chi connectivity index (χ3n) is 3.65. The Kier molecular flexibility index (Phi) is 2.55. The predicted octanol–water partition coefficient (Wildman–Crippen LogP) is 1.50. The molecule has 2 aliphatic heterocycles. The highest BCUT2D eigenvalue weighted by molar-refractivity contribution is 6.05. The SMILES string of the molecule is COc1ccc(C2=C(C(=O)O)N3C(=O)C[C@H]3C2)cc1. The van der Waals surface area contributed by atoms with Crippen molar-refractivity contribution in [3.05, 3.63) is 35.5 Å². The fourth-order valence-electron chi connectivity index (χ4n) is 2.71. The highest BCUT2D eigenvalue weighted by Crippen LogP contribution is 2.42. The minimum absolute atomic E-state index is 0.0238. The number of ether oxygens (including phenoxy) is 1. The highest BCUT2D eigenvalue weighted by Gasteiger charge is 2.47. The van der Waals surface area contributed by atoms with E-state index in [4.69, 9.17) is 4.74 Å². The van der Waals surface area contributed by atoms with Gasteiger partial charge in [-0.2, -0.15) is 0 Å². The molecule has 1 aromatic carbocycles. The summed E-state index contributed by atoms with van der Waals surface area (Å²) in [5.74, 6) is -0.425. The second-order valence-electron chi connectivity index (χ2n) is 4.69. The lowest BCUT2D eigenvalue weighted by molar-refractivity contribution is -0.147. The summed E-state index contributed by atoms with van der Waals surface area (Å²) in [7, 11) is 1.58. The lowest BCUT2D eigenvalue weighted by Crippen LogP contribution is -2.49. The number of hydrogen-bond acceptors (Lipinski definition) is 3. The van der Waals surface area contributed by atoms with Crippen molar-refractivity contribution in [2.45, 2.75) is 18.9 Å². The van der Waals surface area contributed by atoms with Crippen molar-refractivity contribution in [1.82, 2.24) is 4.90 Å². The van der Waals surface area contributed by atoms with E-state index >= 15 is 0 Å². The molecule has 19 heavy (non-hydrogen) atoms. The lowest BCUT2D eigenvalue weighted by Gasteiger charge is -2.35. The lowest BCUT2D eigenvalue weighted by atomic mass is 9.97. The summed E-state index contributed by atoms with van der Waals surface area (Å²) in [6.45, 7) is 0. The summed E-state index contributed by atoms with van der Waals surface area (Å²) in [5, 5.41) is 9.31. The van der Waals surface area contributed by atoms with Crippen LogP contribution in [0.25, 0.3) is 5.57 Å². The zero-order chi connectivity index (χ0) is 13.6. The first-order valence-corrected chi connectivity index (χ1v) is 6.04. The van der Waals surface area contributed by atoms with E-state index in [0.717, 1.165) is 16.9 Å². The Morgan fingerprint density at radius 2 is 2.00 bits per heavy atom. The molecule has 0 spiro atoms. The maximum atomic E-state index is 11.5. The van der Waals surface area contributed by atoms with Crippen LogP contribution in [0.5, 0.6) is 5.75 Å². The molecular formula is C14H13NO4. The summed E-state index contributed by atoms with van der Waals surface area (Å²) >= 11 is 0. The van der Waals surface area contributed by atoms with Gasteiger partial charge in [0.2, 0.25) is 5.91 Å². The minimum Gasteiger partial charge on any atom is -0.497 e. The van der Waals surface area contributed by atoms with Crippen molar-refractivity contribution >= 4 is 17.4 Å². The number of benzene rings is 1. The maximum absolute atomic E-state index is 11.5. The summed E-state index contributed by atoms with van der Waals surface area (Å²) in [6.07, 6.45) is 1.05. The molecule has 98 valence electrons. The number of carbonyl (C=O) groups excluding carboxylic acids is 1. The zero-order valence-corrected chi connectivity index (χ0v) is 10.4. The maximum Gasteiger partial charge on any atom is 0.352 e. The van der Waals surface area contributed by atoms with E-state index in [2.05, 4.69) is 0 Å². The fourth-order valence-corrected chi connectivity index (χ4v) is 2.71. The van der Waals surface area contributed by atoms with Crippen molar-refractivity contribution in [3.63, 3.8) is 0 Å². The van der Waals surface area contributed by atoms with Crippen LogP contribution in [0.4, 0.5) is 0 Å². The van der Waals surface area contributed by atoms with Crippen molar-refractivity contribution < 1.29 is 19.4 Å². The van der Waals surface area contributed by atoms with Crippen LogP contribution >= 0.6 is 0 Å². The van der Waals surface area contributed by atoms with Crippen LogP contribution in [0.3, 0.4) is 0 Å². The number of aliphatic carboxylic acids is 1. The van der Waals surface area contributed by atoms with E-state index in [1.54, 1.807) is 19.2 Å². The number of carboxylic acid groups (broad SMARTS) is 1. The van der Waals surface area contributed by atoms with Crippen molar-refractivity contribution in [2.24, 2.45) is 0 Å². The molecule has 0 unspecified atom stereocenters. The van der Waals surface area contributed by atoms with E-state index in [1.807, 2.05) is 12.1 Å². The van der Waals surface area contributed by atoms with Crippen molar-refractivity contribution in [2.75, 3.05) is 7.11 Å². The van der Waals surface area contributed by atoms with Gasteiger partial charge in [0.15, 0.2) is 0 Å². The van der Waals surface area contributed by atoms with Crippen LogP contribution in [0.15, 0.2) is 30.0 Å². The number of hydrogen-bond donors (Lipinski definition) is 1. The summed E-state index contributed by atoms with van der Waals surface area (Å²) in [4.78, 5) is 24.3. The number of β-lactam (4-membered cyclic amide) rings is 1. The second kappa shape index (κ2) is 4.12. The Bertz CT molecular complexity index is 588. The Morgan fingerprint density at radius 3 is 2.53 bits per heavy atom. The number of rotatable bonds is 3. The van der Waals surface area contributed by atoms with Gasteiger partial charge in [0.25, 0.3) is 0 Å². The summed E-state index contributed by atoms with van der Waals surface area (Å²) in [6, 6.07) is 7.26. The van der Waals surface area contributed by atoms with Crippen LogP contribution in [0, 0.1) is 0 Å². The first-order chi connectivity index (χ1) is 9.11. The molecule has 0 radical (unpaired) electrons. The monoisotopic (exact) mass is 259 g/mol. The molecule has 3 rings (SSSR count). The number of nitrogens with zero attached hydrogens (tertiary/aromatic N) is 1. The number of carbonyl (C=O) groups is 2. The van der Waals surface area contributed by atoms with E-state index in [-0.39, 0.29) is 17.6 Å². The number of methoxy groups -OCH3 is 1. The zero-order valence-electron chi connectivity index (χ0n) is 10.4. The molecule has 1 N–H and O–H groups in total. The van der Waals surface area contributed by atoms with Gasteiger partial charge in [0.05, 0.1) is 13.2 Å². The Labute approximate surface area is 110 Å². The largest absolute Gasteiger partial charge is 0.497 e. The topological polar surface area (TPSA) is 66.8 Å². The van der Waals surface area contributed by atoms with Gasteiger partial charge in [0, 0.05) is 6.42 Å². The average Bonchev–Trinajstić information content (AvgIpc) is 2.72. The van der Waals surface area contributed by atoms with Gasteiger partial charge in [-0.1, -0.05) is 12.1 Å². The standard InChI is InChI=1S/C14H13NO4/c1-19-10-4-2-8(3-5-10)11-6-9-7-12(16)15(9)13(11)14(17)18/h2-5,9H,6-7H2,1H3,(H,17,18)/t9-/m1/s1. The minimum atomic E-state index is -1.04. The van der Waals surface area contributed by atoms with E-state index in [1.165, 1.54) is 4.90 Å². The van der Waals surface area contributed by atoms with E-state index < -0.39 is 5.97 Å². The first-order valence-electron chi connectivity index (χ1n) is 6.04. The third kappa shape index (κ3) is 1.69. The number of carboxylic acids is 1. The van der Waals surface area contributed by atoms with Gasteiger partial charge in [-0.25, -0.2) is 4.79 Å². The molecule has 0 saturated carbocycles. The molecule has 2 heterocycles.